The number of rotatable bonds is 6. The van der Waals surface area contributed by atoms with Crippen molar-refractivity contribution in [3.8, 4) is 0 Å². The lowest BCUT2D eigenvalue weighted by atomic mass is 9.86. The van der Waals surface area contributed by atoms with Gasteiger partial charge in [-0.1, -0.05) is 32.1 Å². The lowest BCUT2D eigenvalue weighted by Crippen LogP contribution is -2.17. The van der Waals surface area contributed by atoms with E-state index in [4.69, 9.17) is 0 Å². The van der Waals surface area contributed by atoms with Gasteiger partial charge in [-0.25, -0.2) is 4.98 Å². The van der Waals surface area contributed by atoms with Gasteiger partial charge in [0.25, 0.3) is 0 Å². The minimum atomic E-state index is 0.946. The van der Waals surface area contributed by atoms with E-state index in [1.54, 1.807) is 0 Å². The Morgan fingerprint density at radius 3 is 2.88 bits per heavy atom. The summed E-state index contributed by atoms with van der Waals surface area (Å²) < 4.78 is 2.08. The second-order valence-corrected chi connectivity index (χ2v) is 5.32. The van der Waals surface area contributed by atoms with Gasteiger partial charge in [-0.3, -0.25) is 0 Å². The normalized spacial score (nSPS) is 17.5. The highest BCUT2D eigenvalue weighted by molar-refractivity contribution is 4.96. The fourth-order valence-electron chi connectivity index (χ4n) is 2.76. The third-order valence-corrected chi connectivity index (χ3v) is 3.91. The van der Waals surface area contributed by atoms with Crippen molar-refractivity contribution in [3.05, 3.63) is 18.2 Å². The fraction of sp³-hybridized carbons (Fsp3) is 0.786. The molecule has 1 aliphatic carbocycles. The molecule has 0 unspecified atom stereocenters. The lowest BCUT2D eigenvalue weighted by molar-refractivity contribution is 0.330. The second-order valence-electron chi connectivity index (χ2n) is 5.32. The molecule has 0 saturated heterocycles. The maximum absolute atomic E-state index is 4.12. The van der Waals surface area contributed by atoms with E-state index in [0.717, 1.165) is 19.0 Å². The molecule has 3 nitrogen and oxygen atoms in total. The van der Waals surface area contributed by atoms with Crippen molar-refractivity contribution < 1.29 is 0 Å². The van der Waals surface area contributed by atoms with Gasteiger partial charge in [-0.15, -0.1) is 0 Å². The molecule has 96 valence electrons. The number of imidazole rings is 1. The van der Waals surface area contributed by atoms with Gasteiger partial charge < -0.3 is 9.88 Å². The Hall–Kier alpha value is -0.830. The fourth-order valence-corrected chi connectivity index (χ4v) is 2.76. The Labute approximate surface area is 105 Å². The van der Waals surface area contributed by atoms with Gasteiger partial charge >= 0.3 is 0 Å². The third-order valence-electron chi connectivity index (χ3n) is 3.91. The molecule has 0 spiro atoms. The van der Waals surface area contributed by atoms with Gasteiger partial charge in [0.05, 0.1) is 12.0 Å². The third kappa shape index (κ3) is 4.15. The molecular weight excluding hydrogens is 210 g/mol. The number of nitrogens with zero attached hydrogens (tertiary/aromatic N) is 2. The van der Waals surface area contributed by atoms with Crippen LogP contribution in [-0.2, 0) is 13.6 Å². The molecule has 0 aromatic carbocycles. The number of aromatic nitrogens is 2. The zero-order valence-corrected chi connectivity index (χ0v) is 11.0. The summed E-state index contributed by atoms with van der Waals surface area (Å²) in [7, 11) is 2.05. The van der Waals surface area contributed by atoms with Gasteiger partial charge in [0.1, 0.15) is 0 Å². The van der Waals surface area contributed by atoms with Crippen LogP contribution in [0.15, 0.2) is 12.5 Å². The van der Waals surface area contributed by atoms with Crippen molar-refractivity contribution in [2.75, 3.05) is 6.54 Å². The zero-order chi connectivity index (χ0) is 11.9. The van der Waals surface area contributed by atoms with Crippen molar-refractivity contribution in [1.82, 2.24) is 14.9 Å². The summed E-state index contributed by atoms with van der Waals surface area (Å²) in [6.07, 6.45) is 13.9. The van der Waals surface area contributed by atoms with E-state index in [9.17, 15) is 0 Å². The van der Waals surface area contributed by atoms with E-state index < -0.39 is 0 Å². The summed E-state index contributed by atoms with van der Waals surface area (Å²) in [5, 5.41) is 3.51. The summed E-state index contributed by atoms with van der Waals surface area (Å²) in [5.41, 5.74) is 1.27. The number of hydrogen-bond donors (Lipinski definition) is 1. The van der Waals surface area contributed by atoms with Crippen molar-refractivity contribution in [1.29, 1.82) is 0 Å². The van der Waals surface area contributed by atoms with Crippen molar-refractivity contribution in [2.45, 2.75) is 51.5 Å². The molecule has 17 heavy (non-hydrogen) atoms. The maximum Gasteiger partial charge on any atom is 0.0945 e. The smallest absolute Gasteiger partial charge is 0.0945 e. The highest BCUT2D eigenvalue weighted by Gasteiger charge is 2.12. The van der Waals surface area contributed by atoms with Crippen LogP contribution in [0.3, 0.4) is 0 Å². The molecule has 1 saturated carbocycles. The highest BCUT2D eigenvalue weighted by Crippen LogP contribution is 2.26. The van der Waals surface area contributed by atoms with Crippen LogP contribution in [0.4, 0.5) is 0 Å². The summed E-state index contributed by atoms with van der Waals surface area (Å²) in [4.78, 5) is 4.12. The molecule has 1 aromatic rings. The van der Waals surface area contributed by atoms with Crippen LogP contribution < -0.4 is 5.32 Å². The Morgan fingerprint density at radius 2 is 2.18 bits per heavy atom. The minimum absolute atomic E-state index is 0.946. The molecule has 0 radical (unpaired) electrons. The summed E-state index contributed by atoms with van der Waals surface area (Å²) in [5.74, 6) is 1.02. The Morgan fingerprint density at radius 1 is 1.35 bits per heavy atom. The average Bonchev–Trinajstić information content (AvgIpc) is 2.76. The predicted molar refractivity (Wildman–Crippen MR) is 70.7 cm³/mol. The topological polar surface area (TPSA) is 29.9 Å². The lowest BCUT2D eigenvalue weighted by Gasteiger charge is -2.21. The van der Waals surface area contributed by atoms with Crippen LogP contribution in [0.5, 0.6) is 0 Å². The van der Waals surface area contributed by atoms with Crippen LogP contribution in [0.2, 0.25) is 0 Å². The summed E-state index contributed by atoms with van der Waals surface area (Å²) >= 11 is 0. The second kappa shape index (κ2) is 6.80. The Balaban J connectivity index is 1.53. The van der Waals surface area contributed by atoms with Crippen LogP contribution in [0, 0.1) is 5.92 Å². The molecule has 3 heteroatoms. The molecule has 1 fully saturated rings. The van der Waals surface area contributed by atoms with Crippen molar-refractivity contribution in [3.63, 3.8) is 0 Å². The quantitative estimate of drug-likeness (QED) is 0.768. The van der Waals surface area contributed by atoms with Crippen LogP contribution in [0.1, 0.15) is 50.6 Å². The van der Waals surface area contributed by atoms with Crippen molar-refractivity contribution in [2.24, 2.45) is 13.0 Å². The number of hydrogen-bond acceptors (Lipinski definition) is 2. The van der Waals surface area contributed by atoms with Gasteiger partial charge in [0.15, 0.2) is 0 Å². The summed E-state index contributed by atoms with van der Waals surface area (Å²) in [6.45, 7) is 2.09. The van der Waals surface area contributed by atoms with E-state index in [-0.39, 0.29) is 0 Å². The maximum atomic E-state index is 4.12. The first kappa shape index (κ1) is 12.6. The predicted octanol–water partition coefficient (Wildman–Crippen LogP) is 2.87. The van der Waals surface area contributed by atoms with Crippen LogP contribution in [-0.4, -0.2) is 16.1 Å². The highest BCUT2D eigenvalue weighted by atomic mass is 15.0. The molecule has 1 N–H and O–H groups in total. The van der Waals surface area contributed by atoms with E-state index in [2.05, 4.69) is 14.9 Å². The van der Waals surface area contributed by atoms with Crippen molar-refractivity contribution >= 4 is 0 Å². The largest absolute Gasteiger partial charge is 0.337 e. The molecule has 1 aromatic heterocycles. The zero-order valence-electron chi connectivity index (χ0n) is 11.0. The monoisotopic (exact) mass is 235 g/mol. The van der Waals surface area contributed by atoms with E-state index in [0.29, 0.717) is 0 Å². The molecule has 0 atom stereocenters. The molecule has 0 bridgehead atoms. The van der Waals surface area contributed by atoms with E-state index >= 15 is 0 Å². The van der Waals surface area contributed by atoms with Gasteiger partial charge in [-0.05, 0) is 25.3 Å². The first-order valence-corrected chi connectivity index (χ1v) is 7.02. The molecule has 0 aliphatic heterocycles. The van der Waals surface area contributed by atoms with E-state index in [1.165, 1.54) is 50.6 Å². The van der Waals surface area contributed by atoms with Gasteiger partial charge in [0.2, 0.25) is 0 Å². The molecule has 2 rings (SSSR count). The average molecular weight is 235 g/mol. The first-order chi connectivity index (χ1) is 8.36. The van der Waals surface area contributed by atoms with E-state index in [1.807, 2.05) is 19.6 Å². The molecule has 0 amide bonds. The van der Waals surface area contributed by atoms with Crippen LogP contribution in [0.25, 0.3) is 0 Å². The minimum Gasteiger partial charge on any atom is -0.337 e. The summed E-state index contributed by atoms with van der Waals surface area (Å²) in [6, 6.07) is 0. The Kier molecular flexibility index (Phi) is 5.05. The van der Waals surface area contributed by atoms with Gasteiger partial charge in [-0.2, -0.15) is 0 Å². The molecule has 1 aliphatic rings. The molecule has 1 heterocycles. The van der Waals surface area contributed by atoms with Gasteiger partial charge in [0, 0.05) is 19.8 Å². The standard InChI is InChI=1S/C14H25N3/c1-17-12-16-11-14(17)10-15-9-5-8-13-6-3-2-4-7-13/h11-13,15H,2-10H2,1H3. The number of nitrogens with one attached hydrogen (secondary N) is 1. The first-order valence-electron chi connectivity index (χ1n) is 7.02. The Bertz CT molecular complexity index is 313. The molecular formula is C14H25N3. The number of aryl methyl sites for hydroxylation is 1. The SMILES string of the molecule is Cn1cncc1CNCCCC1CCCCC1. The van der Waals surface area contributed by atoms with Crippen LogP contribution >= 0.6 is 0 Å².